The smallest absolute Gasteiger partial charge is 0.340 e. The van der Waals surface area contributed by atoms with Gasteiger partial charge in [0, 0.05) is 12.3 Å². The molecule has 0 bridgehead atoms. The molecule has 0 amide bonds. The highest BCUT2D eigenvalue weighted by atomic mass is 16.5. The van der Waals surface area contributed by atoms with Crippen molar-refractivity contribution in [1.29, 1.82) is 5.26 Å². The van der Waals surface area contributed by atoms with E-state index in [1.54, 1.807) is 38.1 Å². The number of benzene rings is 1. The number of carbonyl (C=O) groups excluding carboxylic acids is 1. The van der Waals surface area contributed by atoms with Crippen molar-refractivity contribution in [2.24, 2.45) is 4.99 Å². The van der Waals surface area contributed by atoms with E-state index in [4.69, 9.17) is 4.74 Å². The number of aromatic nitrogens is 1. The molecule has 1 aromatic heterocycles. The summed E-state index contributed by atoms with van der Waals surface area (Å²) < 4.78 is 5.94. The summed E-state index contributed by atoms with van der Waals surface area (Å²) in [4.78, 5) is 28.7. The van der Waals surface area contributed by atoms with Crippen molar-refractivity contribution >= 4 is 17.9 Å². The maximum Gasteiger partial charge on any atom is 0.340 e. The topological polar surface area (TPSA) is 105 Å². The maximum atomic E-state index is 12.5. The quantitative estimate of drug-likeness (QED) is 0.645. The van der Waals surface area contributed by atoms with Gasteiger partial charge in [0.2, 0.25) is 5.88 Å². The second kappa shape index (κ2) is 8.32. The van der Waals surface area contributed by atoms with Gasteiger partial charge < -0.3 is 9.84 Å². The Hall–Kier alpha value is -3.40. The van der Waals surface area contributed by atoms with E-state index in [0.717, 1.165) is 0 Å². The molecule has 0 unspecified atom stereocenters. The number of nitriles is 1. The maximum absolute atomic E-state index is 12.5. The van der Waals surface area contributed by atoms with E-state index < -0.39 is 11.5 Å². The summed E-state index contributed by atoms with van der Waals surface area (Å²) in [6.45, 7) is 5.24. The SMILES string of the molecule is CC[C@@H](C)n1c(O)c(C=Nc2ccccc2C(=O)OC)c(C)c(C#N)c1=O. The molecule has 27 heavy (non-hydrogen) atoms. The monoisotopic (exact) mass is 367 g/mol. The molecule has 0 aliphatic rings. The van der Waals surface area contributed by atoms with Crippen LogP contribution in [0, 0.1) is 18.3 Å². The van der Waals surface area contributed by atoms with Crippen LogP contribution in [0.2, 0.25) is 0 Å². The Kier molecular flexibility index (Phi) is 6.14. The third kappa shape index (κ3) is 3.75. The average molecular weight is 367 g/mol. The summed E-state index contributed by atoms with van der Waals surface area (Å²) >= 11 is 0. The Balaban J connectivity index is 2.68. The molecule has 2 rings (SSSR count). The summed E-state index contributed by atoms with van der Waals surface area (Å²) in [5.41, 5.74) is 0.627. The largest absolute Gasteiger partial charge is 0.494 e. The highest BCUT2D eigenvalue weighted by Crippen LogP contribution is 2.26. The Morgan fingerprint density at radius 1 is 1.44 bits per heavy atom. The van der Waals surface area contributed by atoms with Gasteiger partial charge in [0.15, 0.2) is 0 Å². The summed E-state index contributed by atoms with van der Waals surface area (Å²) in [5.74, 6) is -0.795. The number of nitrogens with zero attached hydrogens (tertiary/aromatic N) is 3. The Bertz CT molecular complexity index is 1000. The van der Waals surface area contributed by atoms with Crippen molar-refractivity contribution < 1.29 is 14.6 Å². The first-order chi connectivity index (χ1) is 12.9. The lowest BCUT2D eigenvalue weighted by atomic mass is 10.0. The van der Waals surface area contributed by atoms with E-state index in [-0.39, 0.29) is 28.6 Å². The van der Waals surface area contributed by atoms with Gasteiger partial charge in [-0.05, 0) is 38.0 Å². The molecule has 2 aromatic rings. The van der Waals surface area contributed by atoms with Crippen molar-refractivity contribution in [2.45, 2.75) is 33.2 Å². The number of hydrogen-bond donors (Lipinski definition) is 1. The lowest BCUT2D eigenvalue weighted by molar-refractivity contribution is 0.0601. The predicted molar refractivity (Wildman–Crippen MR) is 102 cm³/mol. The van der Waals surface area contributed by atoms with Gasteiger partial charge in [0.25, 0.3) is 5.56 Å². The minimum Gasteiger partial charge on any atom is -0.494 e. The van der Waals surface area contributed by atoms with Crippen molar-refractivity contribution in [2.75, 3.05) is 7.11 Å². The van der Waals surface area contributed by atoms with Gasteiger partial charge in [-0.1, -0.05) is 19.1 Å². The average Bonchev–Trinajstić information content (AvgIpc) is 2.67. The van der Waals surface area contributed by atoms with Crippen molar-refractivity contribution in [1.82, 2.24) is 4.57 Å². The second-order valence-corrected chi connectivity index (χ2v) is 6.05. The number of pyridine rings is 1. The highest BCUT2D eigenvalue weighted by Gasteiger charge is 2.20. The number of aromatic hydroxyl groups is 1. The minimum atomic E-state index is -0.536. The molecule has 1 atom stereocenters. The first-order valence-corrected chi connectivity index (χ1v) is 8.46. The van der Waals surface area contributed by atoms with Crippen LogP contribution in [0.25, 0.3) is 0 Å². The van der Waals surface area contributed by atoms with Crippen LogP contribution in [0.5, 0.6) is 5.88 Å². The van der Waals surface area contributed by atoms with Crippen LogP contribution in [-0.2, 0) is 4.74 Å². The fourth-order valence-corrected chi connectivity index (χ4v) is 2.69. The fraction of sp³-hybridized carbons (Fsp3) is 0.300. The van der Waals surface area contributed by atoms with Crippen molar-refractivity contribution in [3.05, 3.63) is 56.9 Å². The zero-order valence-corrected chi connectivity index (χ0v) is 15.7. The molecule has 1 heterocycles. The number of methoxy groups -OCH3 is 1. The Labute approximate surface area is 157 Å². The molecular formula is C20H21N3O4. The molecule has 7 nitrogen and oxygen atoms in total. The lowest BCUT2D eigenvalue weighted by Gasteiger charge is -2.18. The number of para-hydroxylation sites is 1. The molecule has 0 radical (unpaired) electrons. The van der Waals surface area contributed by atoms with Crippen LogP contribution < -0.4 is 5.56 Å². The summed E-state index contributed by atoms with van der Waals surface area (Å²) in [6, 6.07) is 8.22. The Morgan fingerprint density at radius 3 is 2.70 bits per heavy atom. The molecule has 0 aliphatic heterocycles. The second-order valence-electron chi connectivity index (χ2n) is 6.05. The van der Waals surface area contributed by atoms with Crippen LogP contribution in [0.15, 0.2) is 34.1 Å². The third-order valence-electron chi connectivity index (χ3n) is 4.47. The van der Waals surface area contributed by atoms with Crippen LogP contribution >= 0.6 is 0 Å². The number of esters is 1. The number of carbonyl (C=O) groups is 1. The van der Waals surface area contributed by atoms with Gasteiger partial charge in [-0.15, -0.1) is 0 Å². The van der Waals surface area contributed by atoms with E-state index in [1.807, 2.05) is 13.0 Å². The standard InChI is InChI=1S/C20H21N3O4/c1-5-12(2)23-18(24)15(10-21)13(3)16(19(23)25)11-22-17-9-7-6-8-14(17)20(26)27-4/h6-9,11-12,25H,5H2,1-4H3/t12-/m1/s1. The minimum absolute atomic E-state index is 0.0456. The van der Waals surface area contributed by atoms with E-state index in [1.165, 1.54) is 17.9 Å². The zero-order valence-electron chi connectivity index (χ0n) is 15.7. The number of ether oxygens (including phenoxy) is 1. The van der Waals surface area contributed by atoms with Gasteiger partial charge in [0.05, 0.1) is 23.9 Å². The van der Waals surface area contributed by atoms with Crippen LogP contribution in [-0.4, -0.2) is 29.0 Å². The third-order valence-corrected chi connectivity index (χ3v) is 4.47. The highest BCUT2D eigenvalue weighted by molar-refractivity contribution is 5.96. The van der Waals surface area contributed by atoms with Crippen LogP contribution in [0.1, 0.15) is 53.4 Å². The van der Waals surface area contributed by atoms with Gasteiger partial charge in [-0.3, -0.25) is 14.4 Å². The van der Waals surface area contributed by atoms with E-state index >= 15 is 0 Å². The van der Waals surface area contributed by atoms with Crippen molar-refractivity contribution in [3.63, 3.8) is 0 Å². The molecule has 1 N–H and O–H groups in total. The summed E-state index contributed by atoms with van der Waals surface area (Å²) in [6.07, 6.45) is 1.95. The predicted octanol–water partition coefficient (Wildman–Crippen LogP) is 3.24. The molecular weight excluding hydrogens is 346 g/mol. The van der Waals surface area contributed by atoms with Crippen molar-refractivity contribution in [3.8, 4) is 11.9 Å². The summed E-state index contributed by atoms with van der Waals surface area (Å²) in [7, 11) is 1.28. The van der Waals surface area contributed by atoms with E-state index in [9.17, 15) is 20.0 Å². The number of aliphatic imine (C=N–C) groups is 1. The van der Waals surface area contributed by atoms with E-state index in [0.29, 0.717) is 17.7 Å². The lowest BCUT2D eigenvalue weighted by Crippen LogP contribution is -2.27. The van der Waals surface area contributed by atoms with Crippen LogP contribution in [0.4, 0.5) is 5.69 Å². The van der Waals surface area contributed by atoms with Gasteiger partial charge in [-0.2, -0.15) is 5.26 Å². The van der Waals surface area contributed by atoms with Gasteiger partial charge in [0.1, 0.15) is 11.6 Å². The molecule has 0 saturated carbocycles. The molecule has 7 heteroatoms. The number of rotatable bonds is 5. The first kappa shape index (κ1) is 19.9. The molecule has 0 aliphatic carbocycles. The normalized spacial score (nSPS) is 12.0. The van der Waals surface area contributed by atoms with Crippen LogP contribution in [0.3, 0.4) is 0 Å². The molecule has 140 valence electrons. The fourth-order valence-electron chi connectivity index (χ4n) is 2.69. The van der Waals surface area contributed by atoms with Gasteiger partial charge in [-0.25, -0.2) is 4.79 Å². The van der Waals surface area contributed by atoms with Gasteiger partial charge >= 0.3 is 5.97 Å². The molecule has 0 fully saturated rings. The Morgan fingerprint density at radius 2 is 2.11 bits per heavy atom. The van der Waals surface area contributed by atoms with E-state index in [2.05, 4.69) is 4.99 Å². The first-order valence-electron chi connectivity index (χ1n) is 8.46. The number of hydrogen-bond acceptors (Lipinski definition) is 6. The molecule has 0 saturated heterocycles. The summed E-state index contributed by atoms with van der Waals surface area (Å²) in [5, 5.41) is 20.0. The molecule has 1 aromatic carbocycles. The molecule has 0 spiro atoms. The zero-order chi connectivity index (χ0) is 20.1.